The molecule has 113 heavy (non-hydrogen) atoms. The van der Waals surface area contributed by atoms with Crippen molar-refractivity contribution in [1.29, 1.82) is 0 Å². The van der Waals surface area contributed by atoms with Gasteiger partial charge in [0.15, 0.2) is 0 Å². The van der Waals surface area contributed by atoms with Gasteiger partial charge in [-0.2, -0.15) is 0 Å². The fraction of sp³-hybridized carbons (Fsp3) is 0.00901. The van der Waals surface area contributed by atoms with Crippen LogP contribution in [0.4, 0.5) is 0 Å². The lowest BCUT2D eigenvalue weighted by molar-refractivity contribution is 1.92. The van der Waals surface area contributed by atoms with E-state index in [1.54, 1.807) is 6.92 Å². The molecule has 0 bridgehead atoms. The summed E-state index contributed by atoms with van der Waals surface area (Å²) in [4.78, 5) is 0. The van der Waals surface area contributed by atoms with Crippen molar-refractivity contribution < 1.29 is 0 Å². The van der Waals surface area contributed by atoms with E-state index in [-0.39, 0.29) is 0 Å². The lowest BCUT2D eigenvalue weighted by Crippen LogP contribution is -2.32. The second-order valence-electron chi connectivity index (χ2n) is 14.6. The molecule has 0 nitrogen and oxygen atoms in total. The van der Waals surface area contributed by atoms with Crippen molar-refractivity contribution in [2.75, 3.05) is 0 Å². The van der Waals surface area contributed by atoms with Crippen LogP contribution in [0.3, 0.4) is 0 Å². The summed E-state index contributed by atoms with van der Waals surface area (Å²) in [7, 11) is 0. The molecule has 0 rings (SSSR count). The predicted octanol–water partition coefficient (Wildman–Crippen LogP) is 0.307. The molecule has 0 aliphatic heterocycles. The van der Waals surface area contributed by atoms with Gasteiger partial charge in [0, 0.05) is 225 Å². The molecule has 2 heteroatoms. The molecule has 0 aliphatic carbocycles. The van der Waals surface area contributed by atoms with Crippen LogP contribution in [-0.4, -0.2) is 13.2 Å². The standard InChI is InChI=1S/C111H6B2/c1-5-9-13-17-21-25-29-33-37-41-45-49-53-57-61-65-69-73-77-81-85-89-93-97-101-105-109-112(108-104-100-96-92-88-84-80-76-72-68-64-60-56-52-48-44-40-36-32-28-24-20-16-12-8-4)113(110-106-102-98-94-90-86-82-78-74-70-66-62-58-54-50-46-42-38-34-30-26-22-18-14-10-6-2)111-107-103-99-95-91-87-83-79-75-71-67-63-59-55-51-47-43-39-35-31-27-23-19-15-11-7-3/h1-3H,4H3. The Balaban J connectivity index is 7.27. The normalized spacial score (nSPS) is 4.16. The first-order chi connectivity index (χ1) is 56.3. The lowest BCUT2D eigenvalue weighted by Gasteiger charge is -1.95. The van der Waals surface area contributed by atoms with Crippen LogP contribution in [0.1, 0.15) is 6.92 Å². The van der Waals surface area contributed by atoms with Gasteiger partial charge < -0.3 is 0 Å². The zero-order chi connectivity index (χ0) is 80.8. The van der Waals surface area contributed by atoms with Crippen LogP contribution in [0, 0.1) is 652 Å². The van der Waals surface area contributed by atoms with Gasteiger partial charge in [0.05, 0.1) is 0 Å². The average Bonchev–Trinajstić information content (AvgIpc) is 0.917. The van der Waals surface area contributed by atoms with Crippen LogP contribution < -0.4 is 0 Å². The third kappa shape index (κ3) is 78.5. The molecular formula is C111H6B2. The van der Waals surface area contributed by atoms with Gasteiger partial charge in [0.1, 0.15) is 0 Å². The maximum Gasteiger partial charge on any atom is 0.317 e. The highest BCUT2D eigenvalue weighted by molar-refractivity contribution is 7.35. The van der Waals surface area contributed by atoms with Crippen molar-refractivity contribution in [3.63, 3.8) is 0 Å². The van der Waals surface area contributed by atoms with E-state index in [0.717, 1.165) is 0 Å². The molecule has 0 aromatic carbocycles. The third-order valence-electron chi connectivity index (χ3n) is 7.52. The molecule has 0 aromatic heterocycles. The van der Waals surface area contributed by atoms with Gasteiger partial charge in [-0.15, -0.1) is 42.5 Å². The predicted molar refractivity (Wildman–Crippen MR) is 448 cm³/mol. The van der Waals surface area contributed by atoms with Crippen LogP contribution in [0.15, 0.2) is 0 Å². The van der Waals surface area contributed by atoms with Crippen LogP contribution in [0.2, 0.25) is 0 Å². The SMILES string of the molecule is C#CC#CC#CC#CC#CC#CC#CC#CC#CC#CC#CC#CC#CC#CB(C#CC#CC#CC#CC#CC#CC#CC#CC#CC#CC#CC#CC#CC)B(C#CC#CC#CC#CC#CC#CC#CC#CC#CC#CC#CC#CC#CC#C)C#CC#CC#CC#CC#CC#CC#CC#CC#CC#CC#CC#CC#CC#C. The number of terminal acetylenes is 3. The molecule has 456 valence electrons. The second kappa shape index (κ2) is 84.0. The summed E-state index contributed by atoms with van der Waals surface area (Å²) in [5.74, 6) is 269. The monoisotopic (exact) mass is 1360 g/mol. The summed E-state index contributed by atoms with van der Waals surface area (Å²) < 4.78 is 0. The quantitative estimate of drug-likeness (QED) is 0.263. The summed E-state index contributed by atoms with van der Waals surface area (Å²) in [6.45, 7) is -0.211. The van der Waals surface area contributed by atoms with Gasteiger partial charge in [-0.25, -0.2) is 0 Å². The molecule has 0 N–H and O–H groups in total. The third-order valence-corrected chi connectivity index (χ3v) is 7.52. The van der Waals surface area contributed by atoms with E-state index in [0.29, 0.717) is 0 Å². The van der Waals surface area contributed by atoms with Gasteiger partial charge in [0.2, 0.25) is 0 Å². The summed E-state index contributed by atoms with van der Waals surface area (Å²) in [6.07, 6.45) is 15.0. The fourth-order valence-electron chi connectivity index (χ4n) is 3.88. The smallest absolute Gasteiger partial charge is 0.130 e. The Hall–Kier alpha value is -24.1. The molecule has 0 amide bonds. The first-order valence-electron chi connectivity index (χ1n) is 28.6. The van der Waals surface area contributed by atoms with Gasteiger partial charge in [0.25, 0.3) is 0 Å². The van der Waals surface area contributed by atoms with Crippen molar-refractivity contribution >= 4 is 13.2 Å². The van der Waals surface area contributed by atoms with E-state index in [4.69, 9.17) is 19.3 Å². The van der Waals surface area contributed by atoms with Crippen LogP contribution >= 0.6 is 0 Å². The Morgan fingerprint density at radius 3 is 0.248 bits per heavy atom. The minimum atomic E-state index is -0.941. The molecular weight excluding hydrogens is 1350 g/mol. The molecule has 0 aliphatic rings. The molecule has 0 saturated carbocycles. The maximum absolute atomic E-state index is 4.99. The van der Waals surface area contributed by atoms with Crippen LogP contribution in [-0.2, 0) is 0 Å². The molecule has 0 atom stereocenters. The van der Waals surface area contributed by atoms with Gasteiger partial charge in [-0.05, 0) is 386 Å². The Kier molecular flexibility index (Phi) is 66.1. The van der Waals surface area contributed by atoms with Gasteiger partial charge in [-0.1, -0.05) is 5.92 Å². The highest BCUT2D eigenvalue weighted by Gasteiger charge is 2.24. The lowest BCUT2D eigenvalue weighted by atomic mass is 9.10. The highest BCUT2D eigenvalue weighted by atomic mass is 13.7. The molecule has 0 saturated heterocycles. The van der Waals surface area contributed by atoms with Crippen LogP contribution in [0.25, 0.3) is 0 Å². The summed E-state index contributed by atoms with van der Waals surface area (Å²) in [5, 5.41) is 0. The Bertz CT molecular complexity index is 7450. The van der Waals surface area contributed by atoms with Crippen molar-refractivity contribution in [2.45, 2.75) is 6.92 Å². The zero-order valence-electron chi connectivity index (χ0n) is 57.4. The van der Waals surface area contributed by atoms with E-state index >= 15 is 0 Å². The van der Waals surface area contributed by atoms with Crippen molar-refractivity contribution in [2.24, 2.45) is 0 Å². The van der Waals surface area contributed by atoms with Gasteiger partial charge in [-0.3, -0.25) is 0 Å². The Morgan fingerprint density at radius 2 is 0.168 bits per heavy atom. The van der Waals surface area contributed by atoms with E-state index < -0.39 is 13.2 Å². The minimum Gasteiger partial charge on any atom is -0.130 e. The second-order valence-corrected chi connectivity index (χ2v) is 14.6. The zero-order valence-corrected chi connectivity index (χ0v) is 57.4. The first-order valence-corrected chi connectivity index (χ1v) is 28.6. The fourth-order valence-corrected chi connectivity index (χ4v) is 3.88. The van der Waals surface area contributed by atoms with Crippen molar-refractivity contribution in [1.82, 2.24) is 0 Å². The number of hydrogen-bond donors (Lipinski definition) is 0. The van der Waals surface area contributed by atoms with E-state index in [2.05, 4.69) is 633 Å². The molecule has 0 unspecified atom stereocenters. The number of hydrogen-bond acceptors (Lipinski definition) is 0. The first kappa shape index (κ1) is 88.9. The maximum atomic E-state index is 4.99. The van der Waals surface area contributed by atoms with Crippen molar-refractivity contribution in [3.8, 4) is 652 Å². The molecule has 0 fully saturated rings. The topological polar surface area (TPSA) is 0 Å². The van der Waals surface area contributed by atoms with E-state index in [1.165, 1.54) is 0 Å². The minimum absolute atomic E-state index is 0.941. The summed E-state index contributed by atoms with van der Waals surface area (Å²) in [6, 6.07) is 0. The molecule has 0 spiro atoms. The summed E-state index contributed by atoms with van der Waals surface area (Å²) >= 11 is 0. The Labute approximate surface area is 667 Å². The van der Waals surface area contributed by atoms with Crippen LogP contribution in [0.5, 0.6) is 0 Å². The van der Waals surface area contributed by atoms with Gasteiger partial charge >= 0.3 is 13.2 Å². The Morgan fingerprint density at radius 1 is 0.0973 bits per heavy atom. The van der Waals surface area contributed by atoms with E-state index in [9.17, 15) is 0 Å². The summed E-state index contributed by atoms with van der Waals surface area (Å²) in [5.41, 5.74) is 0. The van der Waals surface area contributed by atoms with Crippen molar-refractivity contribution in [3.05, 3.63) is 0 Å². The highest BCUT2D eigenvalue weighted by Crippen LogP contribution is 1.88. The van der Waals surface area contributed by atoms with E-state index in [1.807, 2.05) is 0 Å². The molecule has 0 aromatic rings. The largest absolute Gasteiger partial charge is 0.317 e. The average molecular weight is 1360 g/mol. The molecule has 0 heterocycles. The molecule has 0 radical (unpaired) electrons. The number of rotatable bonds is 1.